The zero-order valence-electron chi connectivity index (χ0n) is 25.1. The molecule has 3 unspecified atom stereocenters. The van der Waals surface area contributed by atoms with Crippen LogP contribution in [0.3, 0.4) is 0 Å². The first kappa shape index (κ1) is 30.0. The molecule has 9 heteroatoms. The Kier molecular flexibility index (Phi) is 8.62. The Hall–Kier alpha value is -3.43. The van der Waals surface area contributed by atoms with Crippen LogP contribution in [0, 0.1) is 18.7 Å². The number of aryl methyl sites for hydroxylation is 1. The Balaban J connectivity index is 0.00000173. The Morgan fingerprint density at radius 3 is 2.64 bits per heavy atom. The number of methoxy groups -OCH3 is 1. The lowest BCUT2D eigenvalue weighted by Crippen LogP contribution is -2.39. The molecular formula is C33H40FN3O5. The molecule has 2 N–H and O–H groups in total. The second-order valence-corrected chi connectivity index (χ2v) is 11.4. The van der Waals surface area contributed by atoms with E-state index in [1.807, 2.05) is 26.8 Å². The SMILES string of the molecule is CC.CCC(C=O)c1cc2n(c(=O)c1COC)Cc1c-2nc2cc(F)c(C)c3c2c1C(NC(=O)C(O)CC1CC1)CC3. The number of fused-ring (bicyclic) bond motifs is 4. The average molecular weight is 578 g/mol. The predicted molar refractivity (Wildman–Crippen MR) is 159 cm³/mol. The highest BCUT2D eigenvalue weighted by molar-refractivity contribution is 5.93. The number of rotatable bonds is 9. The van der Waals surface area contributed by atoms with Crippen LogP contribution in [0.2, 0.25) is 0 Å². The van der Waals surface area contributed by atoms with Gasteiger partial charge in [0.1, 0.15) is 18.2 Å². The van der Waals surface area contributed by atoms with Gasteiger partial charge in [-0.1, -0.05) is 33.6 Å². The Labute approximate surface area is 245 Å². The Morgan fingerprint density at radius 2 is 2.00 bits per heavy atom. The summed E-state index contributed by atoms with van der Waals surface area (Å²) in [7, 11) is 1.51. The third-order valence-electron chi connectivity index (χ3n) is 8.93. The van der Waals surface area contributed by atoms with Crippen LogP contribution in [0.4, 0.5) is 4.39 Å². The van der Waals surface area contributed by atoms with Gasteiger partial charge in [-0.25, -0.2) is 9.37 Å². The largest absolute Gasteiger partial charge is 0.383 e. The van der Waals surface area contributed by atoms with Crippen molar-refractivity contribution in [2.24, 2.45) is 5.92 Å². The monoisotopic (exact) mass is 577 g/mol. The van der Waals surface area contributed by atoms with Crippen molar-refractivity contribution in [2.45, 2.75) is 97.4 Å². The van der Waals surface area contributed by atoms with Crippen molar-refractivity contribution in [1.82, 2.24) is 14.9 Å². The molecule has 1 aromatic carbocycles. The fourth-order valence-electron chi connectivity index (χ4n) is 6.56. The molecule has 1 aliphatic heterocycles. The molecule has 3 atom stereocenters. The van der Waals surface area contributed by atoms with Crippen molar-refractivity contribution in [3.8, 4) is 11.4 Å². The molecule has 1 fully saturated rings. The minimum absolute atomic E-state index is 0.0729. The molecule has 0 radical (unpaired) electrons. The van der Waals surface area contributed by atoms with Gasteiger partial charge in [0.05, 0.1) is 36.1 Å². The number of aliphatic hydroxyl groups is 1. The van der Waals surface area contributed by atoms with Gasteiger partial charge in [-0.3, -0.25) is 9.59 Å². The number of benzene rings is 1. The number of hydrogen-bond donors (Lipinski definition) is 2. The molecule has 0 saturated heterocycles. The molecule has 224 valence electrons. The number of amides is 1. The molecule has 1 saturated carbocycles. The maximum absolute atomic E-state index is 15.1. The molecule has 3 heterocycles. The molecular weight excluding hydrogens is 537 g/mol. The van der Waals surface area contributed by atoms with Gasteiger partial charge in [0.2, 0.25) is 5.91 Å². The van der Waals surface area contributed by atoms with Crippen molar-refractivity contribution in [2.75, 3.05) is 7.11 Å². The van der Waals surface area contributed by atoms with Crippen molar-refractivity contribution < 1.29 is 23.8 Å². The van der Waals surface area contributed by atoms with E-state index in [1.54, 1.807) is 11.5 Å². The van der Waals surface area contributed by atoms with E-state index in [2.05, 4.69) is 5.32 Å². The quantitative estimate of drug-likeness (QED) is 0.271. The third-order valence-corrected chi connectivity index (χ3v) is 8.93. The Bertz CT molecular complexity index is 1610. The molecule has 3 aromatic rings. The lowest BCUT2D eigenvalue weighted by molar-refractivity contribution is -0.130. The second kappa shape index (κ2) is 12.1. The first-order chi connectivity index (χ1) is 20.3. The minimum Gasteiger partial charge on any atom is -0.383 e. The van der Waals surface area contributed by atoms with E-state index < -0.39 is 24.0 Å². The normalized spacial score (nSPS) is 18.0. The van der Waals surface area contributed by atoms with Gasteiger partial charge >= 0.3 is 0 Å². The molecule has 8 nitrogen and oxygen atoms in total. The molecule has 3 aliphatic rings. The number of pyridine rings is 2. The first-order valence-corrected chi connectivity index (χ1v) is 15.1. The molecule has 0 bridgehead atoms. The van der Waals surface area contributed by atoms with Crippen LogP contribution in [0.5, 0.6) is 0 Å². The third kappa shape index (κ3) is 5.07. The van der Waals surface area contributed by atoms with Gasteiger partial charge in [-0.2, -0.15) is 0 Å². The van der Waals surface area contributed by atoms with E-state index in [0.29, 0.717) is 65.2 Å². The van der Waals surface area contributed by atoms with Gasteiger partial charge < -0.3 is 24.5 Å². The maximum Gasteiger partial charge on any atom is 0.257 e. The van der Waals surface area contributed by atoms with Crippen LogP contribution in [0.15, 0.2) is 16.9 Å². The van der Waals surface area contributed by atoms with Crippen LogP contribution in [-0.4, -0.2) is 40.1 Å². The summed E-state index contributed by atoms with van der Waals surface area (Å²) in [5, 5.41) is 14.4. The van der Waals surface area contributed by atoms with Crippen molar-refractivity contribution >= 4 is 23.1 Å². The fourth-order valence-corrected chi connectivity index (χ4v) is 6.56. The predicted octanol–water partition coefficient (Wildman–Crippen LogP) is 5.00. The van der Waals surface area contributed by atoms with Gasteiger partial charge in [-0.05, 0) is 66.8 Å². The summed E-state index contributed by atoms with van der Waals surface area (Å²) in [5.41, 5.74) is 5.45. The first-order valence-electron chi connectivity index (χ1n) is 15.1. The van der Waals surface area contributed by atoms with Gasteiger partial charge in [-0.15, -0.1) is 0 Å². The molecule has 0 spiro atoms. The highest BCUT2D eigenvalue weighted by atomic mass is 19.1. The smallest absolute Gasteiger partial charge is 0.257 e. The van der Waals surface area contributed by atoms with Crippen molar-refractivity contribution in [3.63, 3.8) is 0 Å². The Morgan fingerprint density at radius 1 is 1.26 bits per heavy atom. The number of ether oxygens (including phenoxy) is 1. The summed E-state index contributed by atoms with van der Waals surface area (Å²) in [6, 6.07) is 2.85. The minimum atomic E-state index is -1.08. The van der Waals surface area contributed by atoms with Crippen LogP contribution in [0.1, 0.15) is 98.2 Å². The van der Waals surface area contributed by atoms with Crippen LogP contribution in [0.25, 0.3) is 22.3 Å². The average Bonchev–Trinajstić information content (AvgIpc) is 3.73. The number of nitrogens with one attached hydrogen (secondary N) is 1. The zero-order chi connectivity index (χ0) is 30.3. The number of aldehydes is 1. The summed E-state index contributed by atoms with van der Waals surface area (Å²) in [5.74, 6) is -0.836. The number of aromatic nitrogens is 2. The number of nitrogens with zero attached hydrogens (tertiary/aromatic N) is 2. The van der Waals surface area contributed by atoms with E-state index in [4.69, 9.17) is 9.72 Å². The number of hydrogen-bond acceptors (Lipinski definition) is 6. The van der Waals surface area contributed by atoms with Gasteiger partial charge in [0.25, 0.3) is 5.56 Å². The molecule has 2 aliphatic carbocycles. The van der Waals surface area contributed by atoms with E-state index in [-0.39, 0.29) is 24.5 Å². The number of aliphatic hydroxyl groups excluding tert-OH is 1. The maximum atomic E-state index is 15.1. The van der Waals surface area contributed by atoms with Crippen LogP contribution >= 0.6 is 0 Å². The summed E-state index contributed by atoms with van der Waals surface area (Å²) < 4.78 is 22.0. The lowest BCUT2D eigenvalue weighted by Gasteiger charge is -2.30. The van der Waals surface area contributed by atoms with Gasteiger partial charge in [0, 0.05) is 35.6 Å². The summed E-state index contributed by atoms with van der Waals surface area (Å²) in [4.78, 5) is 43.7. The zero-order valence-corrected chi connectivity index (χ0v) is 25.1. The standard InChI is InChI=1S/C31H34FN3O5.C2H6/c1-4-17(13-36)19-10-25-29-20(12-35(25)31(39)21(19)14-40-3)28-23(34-30(38)26(37)9-16-5-6-16)8-7-18-15(2)22(32)11-24(33-29)27(18)28;1-2/h10-11,13,16-17,23,26,37H,4-9,12,14H2,1-3H3,(H,34,38);1-2H3. The van der Waals surface area contributed by atoms with E-state index >= 15 is 4.39 Å². The lowest BCUT2D eigenvalue weighted by atomic mass is 9.81. The second-order valence-electron chi connectivity index (χ2n) is 11.4. The topological polar surface area (TPSA) is 111 Å². The molecule has 1 amide bonds. The molecule has 42 heavy (non-hydrogen) atoms. The number of halogens is 1. The fraction of sp³-hybridized carbons (Fsp3) is 0.515. The summed E-state index contributed by atoms with van der Waals surface area (Å²) >= 11 is 0. The summed E-state index contributed by atoms with van der Waals surface area (Å²) in [6.07, 6.45) is 3.91. The van der Waals surface area contributed by atoms with E-state index in [1.165, 1.54) is 13.2 Å². The van der Waals surface area contributed by atoms with E-state index in [9.17, 15) is 19.5 Å². The molecule has 6 rings (SSSR count). The van der Waals surface area contributed by atoms with Crippen LogP contribution in [-0.2, 0) is 33.9 Å². The highest BCUT2D eigenvalue weighted by Gasteiger charge is 2.36. The van der Waals surface area contributed by atoms with E-state index in [0.717, 1.165) is 41.2 Å². The number of carbonyl (C=O) groups excluding carboxylic acids is 2. The van der Waals surface area contributed by atoms with Crippen molar-refractivity contribution in [3.05, 3.63) is 61.7 Å². The summed E-state index contributed by atoms with van der Waals surface area (Å²) in [6.45, 7) is 7.96. The molecule has 2 aromatic heterocycles. The number of carbonyl (C=O) groups is 2. The van der Waals surface area contributed by atoms with Gasteiger partial charge in [0.15, 0.2) is 0 Å². The van der Waals surface area contributed by atoms with Crippen molar-refractivity contribution in [1.29, 1.82) is 0 Å². The van der Waals surface area contributed by atoms with Crippen LogP contribution < -0.4 is 10.9 Å². The highest BCUT2D eigenvalue weighted by Crippen LogP contribution is 2.45.